The van der Waals surface area contributed by atoms with E-state index in [1.165, 1.54) is 0 Å². The Morgan fingerprint density at radius 3 is 2.25 bits per heavy atom. The van der Waals surface area contributed by atoms with Crippen LogP contribution in [0, 0.1) is 17.8 Å². The topological polar surface area (TPSA) is 113 Å². The van der Waals surface area contributed by atoms with Crippen molar-refractivity contribution in [3.63, 3.8) is 0 Å². The Bertz CT molecular complexity index is 444. The fraction of sp³-hybridized carbons (Fsp3) is 0.875. The van der Waals surface area contributed by atoms with Gasteiger partial charge in [-0.3, -0.25) is 9.59 Å². The van der Waals surface area contributed by atoms with Crippen molar-refractivity contribution in [3.05, 3.63) is 0 Å². The monoisotopic (exact) mass is 366 g/mol. The molecule has 1 aliphatic rings. The molecular formula is C16H30O7S. The third-order valence-electron chi connectivity index (χ3n) is 3.90. The number of rotatable bonds is 8. The van der Waals surface area contributed by atoms with Crippen LogP contribution in [-0.2, 0) is 19.1 Å². The first-order chi connectivity index (χ1) is 10.9. The van der Waals surface area contributed by atoms with Crippen LogP contribution in [0.4, 0.5) is 0 Å². The lowest BCUT2D eigenvalue weighted by Crippen LogP contribution is -2.39. The van der Waals surface area contributed by atoms with Crippen molar-refractivity contribution in [2.24, 2.45) is 17.8 Å². The Labute approximate surface area is 145 Å². The molecule has 0 spiro atoms. The maximum Gasteiger partial charge on any atom is 0.325 e. The lowest BCUT2D eigenvalue weighted by atomic mass is 9.96. The van der Waals surface area contributed by atoms with Gasteiger partial charge in [0, 0.05) is 0 Å². The van der Waals surface area contributed by atoms with Gasteiger partial charge in [0.2, 0.25) is 0 Å². The lowest BCUT2D eigenvalue weighted by Gasteiger charge is -2.31. The van der Waals surface area contributed by atoms with Crippen LogP contribution in [0.5, 0.6) is 0 Å². The Morgan fingerprint density at radius 1 is 1.21 bits per heavy atom. The molecule has 1 fully saturated rings. The average Bonchev–Trinajstić information content (AvgIpc) is 2.65. The predicted molar refractivity (Wildman–Crippen MR) is 91.7 cm³/mol. The molecule has 0 aromatic heterocycles. The molecule has 1 rings (SSSR count). The van der Waals surface area contributed by atoms with Crippen molar-refractivity contribution < 1.29 is 32.7 Å². The summed E-state index contributed by atoms with van der Waals surface area (Å²) >= 11 is 0. The van der Waals surface area contributed by atoms with E-state index >= 15 is 0 Å². The third-order valence-corrected chi connectivity index (χ3v) is 5.10. The van der Waals surface area contributed by atoms with E-state index in [9.17, 15) is 23.2 Å². The van der Waals surface area contributed by atoms with Crippen molar-refractivity contribution in [2.45, 2.75) is 71.3 Å². The van der Waals surface area contributed by atoms with Crippen LogP contribution in [0.25, 0.3) is 0 Å². The fourth-order valence-corrected chi connectivity index (χ4v) is 4.06. The van der Waals surface area contributed by atoms with E-state index < -0.39 is 46.2 Å². The van der Waals surface area contributed by atoms with Gasteiger partial charge in [-0.15, -0.1) is 0 Å². The Kier molecular flexibility index (Phi) is 7.52. The molecule has 0 aliphatic carbocycles. The summed E-state index contributed by atoms with van der Waals surface area (Å²) in [7, 11) is -4.28. The van der Waals surface area contributed by atoms with Gasteiger partial charge in [-0.1, -0.05) is 27.7 Å². The standard InChI is InChI=1S/C16H30O7S/c1-9(2)6-11(5)22-16(18)14(24(19,20)21)13-8-12(7-10(3)4)23-15(13)17/h9-14,19-21H,6-8H2,1-5H3. The highest BCUT2D eigenvalue weighted by Crippen LogP contribution is 2.47. The van der Waals surface area contributed by atoms with E-state index in [-0.39, 0.29) is 18.3 Å². The SMILES string of the molecule is CC(C)CC(C)OC(=O)C(C1CC(CC(C)C)OC1=O)S(O)(O)O. The van der Waals surface area contributed by atoms with Gasteiger partial charge in [0.05, 0.1) is 22.9 Å². The number of ether oxygens (including phenoxy) is 2. The number of esters is 2. The average molecular weight is 366 g/mol. The van der Waals surface area contributed by atoms with E-state index in [1.54, 1.807) is 6.92 Å². The van der Waals surface area contributed by atoms with Crippen molar-refractivity contribution in [3.8, 4) is 0 Å². The fourth-order valence-electron chi connectivity index (χ4n) is 3.09. The molecule has 0 saturated carbocycles. The number of hydrogen-bond acceptors (Lipinski definition) is 7. The summed E-state index contributed by atoms with van der Waals surface area (Å²) in [6, 6.07) is 0. The maximum atomic E-state index is 12.4. The zero-order valence-corrected chi connectivity index (χ0v) is 15.8. The molecule has 8 heteroatoms. The minimum Gasteiger partial charge on any atom is -0.462 e. The number of carbonyl (C=O) groups is 2. The van der Waals surface area contributed by atoms with Gasteiger partial charge >= 0.3 is 11.9 Å². The van der Waals surface area contributed by atoms with Crippen LogP contribution < -0.4 is 0 Å². The summed E-state index contributed by atoms with van der Waals surface area (Å²) in [5.74, 6) is -2.21. The van der Waals surface area contributed by atoms with E-state index in [0.29, 0.717) is 12.8 Å². The summed E-state index contributed by atoms with van der Waals surface area (Å²) < 4.78 is 39.5. The Balaban J connectivity index is 2.86. The lowest BCUT2D eigenvalue weighted by molar-refractivity contribution is -0.154. The van der Waals surface area contributed by atoms with Crippen molar-refractivity contribution in [1.82, 2.24) is 0 Å². The van der Waals surface area contributed by atoms with E-state index in [2.05, 4.69) is 0 Å². The maximum absolute atomic E-state index is 12.4. The molecule has 0 radical (unpaired) electrons. The molecule has 0 aromatic carbocycles. The second-order valence-corrected chi connectivity index (χ2v) is 9.02. The van der Waals surface area contributed by atoms with Crippen molar-refractivity contribution >= 4 is 22.8 Å². The highest BCUT2D eigenvalue weighted by atomic mass is 32.3. The van der Waals surface area contributed by atoms with Gasteiger partial charge in [-0.2, -0.15) is 0 Å². The van der Waals surface area contributed by atoms with Crippen molar-refractivity contribution in [1.29, 1.82) is 0 Å². The molecule has 0 amide bonds. The molecule has 3 N–H and O–H groups in total. The van der Waals surface area contributed by atoms with E-state index in [4.69, 9.17) is 9.47 Å². The second kappa shape index (κ2) is 8.51. The quantitative estimate of drug-likeness (QED) is 0.563. The summed E-state index contributed by atoms with van der Waals surface area (Å²) in [4.78, 5) is 24.4. The van der Waals surface area contributed by atoms with E-state index in [0.717, 1.165) is 0 Å². The van der Waals surface area contributed by atoms with Crippen LogP contribution >= 0.6 is 10.9 Å². The largest absolute Gasteiger partial charge is 0.462 e. The third kappa shape index (κ3) is 6.23. The number of hydrogen-bond donors (Lipinski definition) is 3. The van der Waals surface area contributed by atoms with Gasteiger partial charge in [-0.05, 0) is 38.0 Å². The molecule has 24 heavy (non-hydrogen) atoms. The Morgan fingerprint density at radius 2 is 1.79 bits per heavy atom. The molecule has 0 aromatic rings. The minimum absolute atomic E-state index is 0.159. The van der Waals surface area contributed by atoms with Gasteiger partial charge in [0.15, 0.2) is 5.25 Å². The summed E-state index contributed by atoms with van der Waals surface area (Å²) in [5, 5.41) is -1.71. The molecule has 142 valence electrons. The summed E-state index contributed by atoms with van der Waals surface area (Å²) in [6.07, 6.45) is 0.511. The molecule has 1 heterocycles. The van der Waals surface area contributed by atoms with Crippen LogP contribution in [-0.4, -0.2) is 43.1 Å². The first kappa shape index (κ1) is 21.2. The highest BCUT2D eigenvalue weighted by Gasteiger charge is 2.51. The van der Waals surface area contributed by atoms with Gasteiger partial charge in [0.1, 0.15) is 6.10 Å². The molecule has 4 unspecified atom stereocenters. The first-order valence-electron chi connectivity index (χ1n) is 8.32. The highest BCUT2D eigenvalue weighted by molar-refractivity contribution is 8.20. The number of carbonyl (C=O) groups excluding carboxylic acids is 2. The molecule has 0 bridgehead atoms. The van der Waals surface area contributed by atoms with Gasteiger partial charge < -0.3 is 23.1 Å². The first-order valence-corrected chi connectivity index (χ1v) is 9.89. The predicted octanol–water partition coefficient (Wildman–Crippen LogP) is 3.53. The molecule has 4 atom stereocenters. The zero-order chi connectivity index (χ0) is 18.7. The summed E-state index contributed by atoms with van der Waals surface area (Å²) in [5.41, 5.74) is 0. The normalized spacial score (nSPS) is 24.8. The van der Waals surface area contributed by atoms with Crippen LogP contribution in [0.2, 0.25) is 0 Å². The molecular weight excluding hydrogens is 336 g/mol. The van der Waals surface area contributed by atoms with Crippen LogP contribution in [0.15, 0.2) is 0 Å². The Hall–Kier alpha value is -0.830. The second-order valence-electron chi connectivity index (χ2n) is 7.39. The van der Waals surface area contributed by atoms with Crippen LogP contribution in [0.3, 0.4) is 0 Å². The van der Waals surface area contributed by atoms with Gasteiger partial charge in [-0.25, -0.2) is 0 Å². The van der Waals surface area contributed by atoms with E-state index in [1.807, 2.05) is 27.7 Å². The smallest absolute Gasteiger partial charge is 0.325 e. The zero-order valence-electron chi connectivity index (χ0n) is 15.0. The van der Waals surface area contributed by atoms with Crippen LogP contribution in [0.1, 0.15) is 53.9 Å². The number of cyclic esters (lactones) is 1. The summed E-state index contributed by atoms with van der Waals surface area (Å²) in [6.45, 7) is 9.56. The van der Waals surface area contributed by atoms with Gasteiger partial charge in [0.25, 0.3) is 0 Å². The minimum atomic E-state index is -4.28. The molecule has 1 saturated heterocycles. The molecule has 1 aliphatic heterocycles. The molecule has 7 nitrogen and oxygen atoms in total. The van der Waals surface area contributed by atoms with Crippen molar-refractivity contribution in [2.75, 3.05) is 0 Å².